The molecule has 0 radical (unpaired) electrons. The molecule has 0 bridgehead atoms. The molecule has 0 aromatic carbocycles. The number of carbonyl (C=O) groups excluding carboxylic acids is 1. The van der Waals surface area contributed by atoms with E-state index in [0.717, 1.165) is 24.4 Å². The third-order valence-corrected chi connectivity index (χ3v) is 3.49. The highest BCUT2D eigenvalue weighted by molar-refractivity contribution is 7.99. The van der Waals surface area contributed by atoms with Gasteiger partial charge in [0.15, 0.2) is 5.16 Å². The number of aromatic nitrogens is 2. The van der Waals surface area contributed by atoms with Crippen molar-refractivity contribution >= 4 is 17.7 Å². The Labute approximate surface area is 124 Å². The van der Waals surface area contributed by atoms with Crippen LogP contribution in [0.1, 0.15) is 31.7 Å². The van der Waals surface area contributed by atoms with Gasteiger partial charge in [-0.2, -0.15) is 0 Å². The summed E-state index contributed by atoms with van der Waals surface area (Å²) in [5.74, 6) is 0.361. The first kappa shape index (κ1) is 16.9. The van der Waals surface area contributed by atoms with Crippen molar-refractivity contribution in [2.45, 2.75) is 45.3 Å². The molecule has 112 valence electrons. The Morgan fingerprint density at radius 1 is 1.35 bits per heavy atom. The van der Waals surface area contributed by atoms with E-state index in [1.54, 1.807) is 0 Å². The van der Waals surface area contributed by atoms with Crippen LogP contribution in [0.2, 0.25) is 0 Å². The molecule has 0 aliphatic heterocycles. The predicted octanol–water partition coefficient (Wildman–Crippen LogP) is 2.12. The van der Waals surface area contributed by atoms with Crippen molar-refractivity contribution in [3.8, 4) is 0 Å². The van der Waals surface area contributed by atoms with E-state index in [-0.39, 0.29) is 12.0 Å². The zero-order chi connectivity index (χ0) is 15.0. The molecule has 20 heavy (non-hydrogen) atoms. The van der Waals surface area contributed by atoms with Crippen LogP contribution in [0, 0.1) is 13.8 Å². The van der Waals surface area contributed by atoms with Crippen molar-refractivity contribution in [2.75, 3.05) is 18.9 Å². The number of thioether (sulfide) groups is 1. The molecule has 1 atom stereocenters. The largest absolute Gasteiger partial charge is 0.465 e. The van der Waals surface area contributed by atoms with Crippen LogP contribution in [0.25, 0.3) is 0 Å². The summed E-state index contributed by atoms with van der Waals surface area (Å²) < 4.78 is 5.08. The molecular formula is C14H23N3O2S. The zero-order valence-electron chi connectivity index (χ0n) is 12.6. The minimum Gasteiger partial charge on any atom is -0.465 e. The predicted molar refractivity (Wildman–Crippen MR) is 80.9 cm³/mol. The summed E-state index contributed by atoms with van der Waals surface area (Å²) in [6, 6.07) is 1.62. The molecule has 0 aliphatic carbocycles. The van der Waals surface area contributed by atoms with Gasteiger partial charge in [-0.05, 0) is 39.8 Å². The van der Waals surface area contributed by atoms with Crippen LogP contribution >= 0.6 is 11.8 Å². The molecule has 1 aromatic rings. The van der Waals surface area contributed by atoms with Crippen LogP contribution in [-0.4, -0.2) is 40.9 Å². The Balaban J connectivity index is 2.62. The lowest BCUT2D eigenvalue weighted by atomic mass is 10.3. The average molecular weight is 297 g/mol. The number of aryl methyl sites for hydroxylation is 2. The van der Waals surface area contributed by atoms with E-state index in [1.807, 2.05) is 26.8 Å². The molecular weight excluding hydrogens is 274 g/mol. The van der Waals surface area contributed by atoms with Crippen LogP contribution in [0.5, 0.6) is 0 Å². The highest BCUT2D eigenvalue weighted by Gasteiger charge is 2.19. The van der Waals surface area contributed by atoms with Crippen molar-refractivity contribution in [2.24, 2.45) is 0 Å². The molecule has 0 aliphatic rings. The maximum Gasteiger partial charge on any atom is 0.323 e. The summed E-state index contributed by atoms with van der Waals surface area (Å²) in [5, 5.41) is 3.91. The number of esters is 1. The van der Waals surface area contributed by atoms with E-state index in [2.05, 4.69) is 22.2 Å². The summed E-state index contributed by atoms with van der Waals surface area (Å²) in [6.45, 7) is 8.95. The normalized spacial score (nSPS) is 12.2. The van der Waals surface area contributed by atoms with Gasteiger partial charge in [-0.25, -0.2) is 9.97 Å². The molecule has 0 saturated heterocycles. The maximum absolute atomic E-state index is 11.9. The second-order valence-electron chi connectivity index (χ2n) is 4.50. The molecule has 1 aromatic heterocycles. The first-order valence-electron chi connectivity index (χ1n) is 6.91. The monoisotopic (exact) mass is 297 g/mol. The molecule has 0 saturated carbocycles. The van der Waals surface area contributed by atoms with Crippen LogP contribution in [-0.2, 0) is 9.53 Å². The smallest absolute Gasteiger partial charge is 0.323 e. The maximum atomic E-state index is 11.9. The van der Waals surface area contributed by atoms with Gasteiger partial charge in [-0.3, -0.25) is 4.79 Å². The molecule has 1 rings (SSSR count). The second kappa shape index (κ2) is 8.92. The summed E-state index contributed by atoms with van der Waals surface area (Å²) in [5.41, 5.74) is 1.88. The van der Waals surface area contributed by atoms with E-state index in [0.29, 0.717) is 17.5 Å². The van der Waals surface area contributed by atoms with Crippen molar-refractivity contribution in [3.63, 3.8) is 0 Å². The second-order valence-corrected chi connectivity index (χ2v) is 5.49. The molecule has 1 heterocycles. The van der Waals surface area contributed by atoms with E-state index in [1.165, 1.54) is 11.8 Å². The van der Waals surface area contributed by atoms with Crippen molar-refractivity contribution in [1.29, 1.82) is 0 Å². The number of ether oxygens (including phenoxy) is 1. The summed E-state index contributed by atoms with van der Waals surface area (Å²) >= 11 is 1.48. The molecule has 5 nitrogen and oxygen atoms in total. The van der Waals surface area contributed by atoms with Gasteiger partial charge in [0, 0.05) is 17.1 Å². The van der Waals surface area contributed by atoms with E-state index in [9.17, 15) is 4.79 Å². The van der Waals surface area contributed by atoms with Crippen LogP contribution in [0.4, 0.5) is 0 Å². The first-order chi connectivity index (χ1) is 9.56. The third kappa shape index (κ3) is 5.88. The molecule has 6 heteroatoms. The summed E-state index contributed by atoms with van der Waals surface area (Å²) in [7, 11) is 0. The number of hydrogen-bond acceptors (Lipinski definition) is 6. The van der Waals surface area contributed by atoms with Gasteiger partial charge in [0.1, 0.15) is 6.04 Å². The molecule has 0 spiro atoms. The average Bonchev–Trinajstić information content (AvgIpc) is 2.38. The topological polar surface area (TPSA) is 64.1 Å². The van der Waals surface area contributed by atoms with Crippen molar-refractivity contribution in [3.05, 3.63) is 17.5 Å². The van der Waals surface area contributed by atoms with Gasteiger partial charge in [-0.15, -0.1) is 0 Å². The SMILES string of the molecule is CCCNC(CSc1nc(C)cc(C)n1)C(=O)OCC. The minimum atomic E-state index is -0.315. The highest BCUT2D eigenvalue weighted by atomic mass is 32.2. The Morgan fingerprint density at radius 2 is 2.00 bits per heavy atom. The number of nitrogens with zero attached hydrogens (tertiary/aromatic N) is 2. The molecule has 0 amide bonds. The first-order valence-corrected chi connectivity index (χ1v) is 7.90. The zero-order valence-corrected chi connectivity index (χ0v) is 13.4. The fourth-order valence-corrected chi connectivity index (χ4v) is 2.67. The van der Waals surface area contributed by atoms with Crippen LogP contribution in [0.3, 0.4) is 0 Å². The third-order valence-electron chi connectivity index (χ3n) is 2.55. The number of rotatable bonds is 8. The Bertz CT molecular complexity index is 420. The fourth-order valence-electron chi connectivity index (χ4n) is 1.69. The van der Waals surface area contributed by atoms with E-state index >= 15 is 0 Å². The number of hydrogen-bond donors (Lipinski definition) is 1. The van der Waals surface area contributed by atoms with Crippen LogP contribution < -0.4 is 5.32 Å². The minimum absolute atomic E-state index is 0.210. The van der Waals surface area contributed by atoms with Crippen LogP contribution in [0.15, 0.2) is 11.2 Å². The Morgan fingerprint density at radius 3 is 2.55 bits per heavy atom. The van der Waals surface area contributed by atoms with Gasteiger partial charge in [0.25, 0.3) is 0 Å². The standard InChI is InChI=1S/C14H23N3O2S/c1-5-7-15-12(13(18)19-6-2)9-20-14-16-10(3)8-11(4)17-14/h8,12,15H,5-7,9H2,1-4H3. The van der Waals surface area contributed by atoms with Gasteiger partial charge in [-0.1, -0.05) is 18.7 Å². The quantitative estimate of drug-likeness (QED) is 0.450. The van der Waals surface area contributed by atoms with Gasteiger partial charge in [0.2, 0.25) is 0 Å². The highest BCUT2D eigenvalue weighted by Crippen LogP contribution is 2.15. The van der Waals surface area contributed by atoms with Gasteiger partial charge < -0.3 is 10.1 Å². The van der Waals surface area contributed by atoms with E-state index in [4.69, 9.17) is 4.74 Å². The van der Waals surface area contributed by atoms with Gasteiger partial charge in [0.05, 0.1) is 6.61 Å². The summed E-state index contributed by atoms with van der Waals surface area (Å²) in [4.78, 5) is 20.6. The van der Waals surface area contributed by atoms with E-state index < -0.39 is 0 Å². The Hall–Kier alpha value is -1.14. The van der Waals surface area contributed by atoms with Gasteiger partial charge >= 0.3 is 5.97 Å². The van der Waals surface area contributed by atoms with Crippen molar-refractivity contribution in [1.82, 2.24) is 15.3 Å². The molecule has 1 N–H and O–H groups in total. The van der Waals surface area contributed by atoms with Crippen molar-refractivity contribution < 1.29 is 9.53 Å². The molecule has 1 unspecified atom stereocenters. The molecule has 0 fully saturated rings. The fraction of sp³-hybridized carbons (Fsp3) is 0.643. The summed E-state index contributed by atoms with van der Waals surface area (Å²) in [6.07, 6.45) is 0.973. The number of carbonyl (C=O) groups is 1. The lowest BCUT2D eigenvalue weighted by Crippen LogP contribution is -2.40. The lowest BCUT2D eigenvalue weighted by Gasteiger charge is -2.16. The Kier molecular flexibility index (Phi) is 7.54. The lowest BCUT2D eigenvalue weighted by molar-refractivity contribution is -0.144. The number of nitrogens with one attached hydrogen (secondary N) is 1.